The van der Waals surface area contributed by atoms with Crippen LogP contribution in [0.25, 0.3) is 0 Å². The molecule has 0 aliphatic heterocycles. The van der Waals surface area contributed by atoms with E-state index >= 15 is 0 Å². The van der Waals surface area contributed by atoms with Crippen LogP contribution in [0.5, 0.6) is 0 Å². The Bertz CT molecular complexity index is 129. The molecule has 0 bridgehead atoms. The summed E-state index contributed by atoms with van der Waals surface area (Å²) in [4.78, 5) is 0. The number of hydrogen-bond acceptors (Lipinski definition) is 4. The molecule has 2 radical (unpaired) electrons. The Hall–Kier alpha value is 1.68. The van der Waals surface area contributed by atoms with Crippen molar-refractivity contribution >= 4 is 84.4 Å². The smallest absolute Gasteiger partial charge is 0.195 e. The van der Waals surface area contributed by atoms with Crippen molar-refractivity contribution in [1.29, 1.82) is 10.5 Å². The van der Waals surface area contributed by atoms with E-state index in [4.69, 9.17) is 10.5 Å². The van der Waals surface area contributed by atoms with Crippen molar-refractivity contribution < 1.29 is 0 Å². The second-order valence-electron chi connectivity index (χ2n) is 0.896. The van der Waals surface area contributed by atoms with Gasteiger partial charge in [0.15, 0.2) is 0 Å². The quantitative estimate of drug-likeness (QED) is 0.306. The van der Waals surface area contributed by atoms with Gasteiger partial charge in [-0.15, -0.1) is 25.3 Å². The average molecular weight is 176 g/mol. The molecule has 2 nitrogen and oxygen atoms in total. The van der Waals surface area contributed by atoms with E-state index < -0.39 is 4.08 Å². The fraction of sp³-hybridized carbons (Fsp3) is 0.333. The number of nitriles is 2. The van der Waals surface area contributed by atoms with Gasteiger partial charge in [-0.1, -0.05) is 0 Å². The van der Waals surface area contributed by atoms with Gasteiger partial charge in [0.25, 0.3) is 0 Å². The molecule has 0 rings (SSSR count). The van der Waals surface area contributed by atoms with Crippen LogP contribution in [0.2, 0.25) is 0 Å². The molecule has 0 saturated heterocycles. The minimum atomic E-state index is -1.42. The Kier molecular flexibility index (Phi) is 14.7. The van der Waals surface area contributed by atoms with Crippen LogP contribution in [-0.4, -0.2) is 63.2 Å². The van der Waals surface area contributed by atoms with E-state index in [1.54, 1.807) is 12.1 Å². The molecule has 0 heterocycles. The molecule has 0 amide bonds. The summed E-state index contributed by atoms with van der Waals surface area (Å²) in [5.74, 6) is 0. The Morgan fingerprint density at radius 2 is 1.22 bits per heavy atom. The van der Waals surface area contributed by atoms with Crippen LogP contribution in [-0.2, 0) is 0 Å². The predicted molar refractivity (Wildman–Crippen MR) is 43.4 cm³/mol. The SMILES string of the molecule is N#CC(S)(S)C#N.[Na].[Na]. The standard InChI is InChI=1S/C3H2N2S2.2Na/c4-1-3(6,7)2-5;;/h6-7H;;. The zero-order valence-corrected chi connectivity index (χ0v) is 11.1. The molecule has 0 aromatic heterocycles. The molecule has 0 spiro atoms. The summed E-state index contributed by atoms with van der Waals surface area (Å²) < 4.78 is -1.42. The normalized spacial score (nSPS) is 7.11. The van der Waals surface area contributed by atoms with Crippen LogP contribution in [0.1, 0.15) is 0 Å². The van der Waals surface area contributed by atoms with Gasteiger partial charge in [0.2, 0.25) is 4.08 Å². The van der Waals surface area contributed by atoms with E-state index in [2.05, 4.69) is 25.3 Å². The van der Waals surface area contributed by atoms with Crippen LogP contribution in [0.3, 0.4) is 0 Å². The van der Waals surface area contributed by atoms with Gasteiger partial charge in [0.05, 0.1) is 0 Å². The first-order chi connectivity index (χ1) is 3.12. The molecule has 0 aliphatic carbocycles. The second kappa shape index (κ2) is 7.78. The van der Waals surface area contributed by atoms with Gasteiger partial charge in [0.1, 0.15) is 12.1 Å². The third-order valence-corrected chi connectivity index (χ3v) is 0.712. The molecular formula is C3H2N2Na2S2. The van der Waals surface area contributed by atoms with E-state index in [0.717, 1.165) is 0 Å². The third-order valence-electron chi connectivity index (χ3n) is 0.312. The van der Waals surface area contributed by atoms with E-state index in [1.807, 2.05) is 0 Å². The fourth-order valence-electron chi connectivity index (χ4n) is 0.0250. The van der Waals surface area contributed by atoms with Crippen molar-refractivity contribution in [2.75, 3.05) is 0 Å². The van der Waals surface area contributed by atoms with Crippen molar-refractivity contribution in [3.8, 4) is 12.1 Å². The Morgan fingerprint density at radius 3 is 1.22 bits per heavy atom. The Morgan fingerprint density at radius 1 is 1.00 bits per heavy atom. The molecule has 9 heavy (non-hydrogen) atoms. The van der Waals surface area contributed by atoms with Crippen LogP contribution in [0.15, 0.2) is 0 Å². The maximum Gasteiger partial charge on any atom is 0.228 e. The van der Waals surface area contributed by atoms with Crippen LogP contribution in [0, 0.1) is 22.7 Å². The minimum absolute atomic E-state index is 0. The minimum Gasteiger partial charge on any atom is -0.195 e. The zero-order valence-electron chi connectivity index (χ0n) is 5.29. The molecule has 0 saturated carbocycles. The summed E-state index contributed by atoms with van der Waals surface area (Å²) >= 11 is 7.06. The van der Waals surface area contributed by atoms with E-state index in [1.165, 1.54) is 0 Å². The summed E-state index contributed by atoms with van der Waals surface area (Å²) in [6.45, 7) is 0. The van der Waals surface area contributed by atoms with Gasteiger partial charge in [-0.2, -0.15) is 10.5 Å². The van der Waals surface area contributed by atoms with Gasteiger partial charge >= 0.3 is 0 Å². The largest absolute Gasteiger partial charge is 0.228 e. The molecule has 38 valence electrons. The van der Waals surface area contributed by atoms with E-state index in [-0.39, 0.29) is 59.1 Å². The van der Waals surface area contributed by atoms with Crippen LogP contribution < -0.4 is 0 Å². The van der Waals surface area contributed by atoms with E-state index in [9.17, 15) is 0 Å². The summed E-state index contributed by atoms with van der Waals surface area (Å²) in [6, 6.07) is 3.12. The molecule has 0 aromatic rings. The van der Waals surface area contributed by atoms with Gasteiger partial charge < -0.3 is 0 Å². The first-order valence-corrected chi connectivity index (χ1v) is 2.29. The van der Waals surface area contributed by atoms with Crippen LogP contribution in [0.4, 0.5) is 0 Å². The molecule has 0 N–H and O–H groups in total. The van der Waals surface area contributed by atoms with E-state index in [0.29, 0.717) is 0 Å². The molecular weight excluding hydrogens is 174 g/mol. The number of nitrogens with zero attached hydrogens (tertiary/aromatic N) is 2. The first-order valence-electron chi connectivity index (χ1n) is 1.39. The van der Waals surface area contributed by atoms with Gasteiger partial charge in [0, 0.05) is 59.1 Å². The molecule has 6 heteroatoms. The zero-order chi connectivity index (χ0) is 5.91. The van der Waals surface area contributed by atoms with Crippen molar-refractivity contribution in [2.45, 2.75) is 4.08 Å². The van der Waals surface area contributed by atoms with Crippen LogP contribution >= 0.6 is 25.3 Å². The summed E-state index contributed by atoms with van der Waals surface area (Å²) in [5.41, 5.74) is 0. The van der Waals surface area contributed by atoms with Gasteiger partial charge in [-0.05, 0) is 0 Å². The first kappa shape index (κ1) is 17.0. The number of thiol groups is 2. The summed E-state index contributed by atoms with van der Waals surface area (Å²) in [5, 5.41) is 15.9. The Balaban J connectivity index is -0.000000180. The second-order valence-corrected chi connectivity index (χ2v) is 2.59. The topological polar surface area (TPSA) is 47.6 Å². The number of rotatable bonds is 0. The third kappa shape index (κ3) is 9.68. The molecule has 0 unspecified atom stereocenters. The maximum atomic E-state index is 7.97. The van der Waals surface area contributed by atoms with Gasteiger partial charge in [-0.25, -0.2) is 0 Å². The predicted octanol–water partition coefficient (Wildman–Crippen LogP) is -0.172. The fourth-order valence-corrected chi connectivity index (χ4v) is 0.0250. The van der Waals surface area contributed by atoms with Crippen molar-refractivity contribution in [3.05, 3.63) is 0 Å². The average Bonchev–Trinajstić information content (AvgIpc) is 1.68. The maximum absolute atomic E-state index is 7.97. The van der Waals surface area contributed by atoms with Gasteiger partial charge in [-0.3, -0.25) is 0 Å². The summed E-state index contributed by atoms with van der Waals surface area (Å²) in [7, 11) is 0. The van der Waals surface area contributed by atoms with Crippen molar-refractivity contribution in [1.82, 2.24) is 0 Å². The summed E-state index contributed by atoms with van der Waals surface area (Å²) in [6.07, 6.45) is 0. The Labute approximate surface area is 109 Å². The molecule has 0 atom stereocenters. The molecule has 0 fully saturated rings. The van der Waals surface area contributed by atoms with Crippen molar-refractivity contribution in [2.24, 2.45) is 0 Å². The molecule has 0 aromatic carbocycles. The van der Waals surface area contributed by atoms with Crippen molar-refractivity contribution in [3.63, 3.8) is 0 Å². The number of hydrogen-bond donors (Lipinski definition) is 2. The molecule has 0 aliphatic rings. The monoisotopic (exact) mass is 176 g/mol.